The SMILES string of the molecule is [CH2][C@@H](CCCC)NC(=O)N[C@@H](CCO)c1ccc2c(c1)OCO2. The number of urea groups is 1. The highest BCUT2D eigenvalue weighted by atomic mass is 16.7. The number of unbranched alkanes of at least 4 members (excludes halogenated alkanes) is 1. The summed E-state index contributed by atoms with van der Waals surface area (Å²) in [5.74, 6) is 1.35. The average molecular weight is 321 g/mol. The van der Waals surface area contributed by atoms with E-state index in [1.165, 1.54) is 0 Å². The van der Waals surface area contributed by atoms with Crippen LogP contribution >= 0.6 is 0 Å². The number of amides is 2. The summed E-state index contributed by atoms with van der Waals surface area (Å²) >= 11 is 0. The molecule has 6 heteroatoms. The van der Waals surface area contributed by atoms with E-state index in [-0.39, 0.29) is 31.5 Å². The third kappa shape index (κ3) is 5.03. The van der Waals surface area contributed by atoms with Crippen LogP contribution in [0.1, 0.15) is 44.2 Å². The number of hydrogen-bond donors (Lipinski definition) is 3. The Bertz CT molecular complexity index is 521. The smallest absolute Gasteiger partial charge is 0.315 e. The van der Waals surface area contributed by atoms with E-state index in [0.717, 1.165) is 24.8 Å². The zero-order valence-corrected chi connectivity index (χ0v) is 13.5. The Morgan fingerprint density at radius 1 is 1.30 bits per heavy atom. The number of rotatable bonds is 8. The number of carbonyl (C=O) groups is 1. The van der Waals surface area contributed by atoms with E-state index in [1.54, 1.807) is 0 Å². The molecule has 0 saturated carbocycles. The van der Waals surface area contributed by atoms with Gasteiger partial charge in [-0.1, -0.05) is 25.8 Å². The zero-order valence-electron chi connectivity index (χ0n) is 13.5. The molecule has 0 aromatic heterocycles. The van der Waals surface area contributed by atoms with Crippen LogP contribution < -0.4 is 20.1 Å². The van der Waals surface area contributed by atoms with Crippen LogP contribution in [0.25, 0.3) is 0 Å². The summed E-state index contributed by atoms with van der Waals surface area (Å²) in [6.45, 7) is 6.21. The van der Waals surface area contributed by atoms with Gasteiger partial charge in [0.1, 0.15) is 0 Å². The molecule has 0 aliphatic carbocycles. The van der Waals surface area contributed by atoms with Gasteiger partial charge in [-0.15, -0.1) is 0 Å². The summed E-state index contributed by atoms with van der Waals surface area (Å²) in [6.07, 6.45) is 3.36. The number of fused-ring (bicyclic) bond motifs is 1. The molecule has 0 saturated heterocycles. The first-order valence-corrected chi connectivity index (χ1v) is 8.04. The highest BCUT2D eigenvalue weighted by Crippen LogP contribution is 2.34. The van der Waals surface area contributed by atoms with Crippen molar-refractivity contribution in [3.05, 3.63) is 30.7 Å². The first-order chi connectivity index (χ1) is 11.1. The van der Waals surface area contributed by atoms with Gasteiger partial charge in [-0.3, -0.25) is 0 Å². The second kappa shape index (κ2) is 8.62. The Morgan fingerprint density at radius 2 is 2.09 bits per heavy atom. The predicted molar refractivity (Wildman–Crippen MR) is 87.3 cm³/mol. The number of benzene rings is 1. The van der Waals surface area contributed by atoms with Crippen LogP contribution in [0.4, 0.5) is 4.79 Å². The summed E-state index contributed by atoms with van der Waals surface area (Å²) < 4.78 is 10.6. The lowest BCUT2D eigenvalue weighted by atomic mass is 10.0. The molecular weight excluding hydrogens is 296 g/mol. The molecule has 1 heterocycles. The summed E-state index contributed by atoms with van der Waals surface area (Å²) in [5, 5.41) is 15.0. The van der Waals surface area contributed by atoms with Crippen molar-refractivity contribution in [1.29, 1.82) is 0 Å². The largest absolute Gasteiger partial charge is 0.454 e. The van der Waals surface area contributed by atoms with E-state index >= 15 is 0 Å². The lowest BCUT2D eigenvalue weighted by molar-refractivity contribution is 0.174. The number of aliphatic hydroxyl groups is 1. The molecule has 127 valence electrons. The molecule has 1 aromatic carbocycles. The molecule has 0 unspecified atom stereocenters. The topological polar surface area (TPSA) is 79.8 Å². The van der Waals surface area contributed by atoms with E-state index in [9.17, 15) is 9.90 Å². The maximum atomic E-state index is 12.1. The van der Waals surface area contributed by atoms with Gasteiger partial charge in [0, 0.05) is 12.6 Å². The van der Waals surface area contributed by atoms with E-state index in [4.69, 9.17) is 9.47 Å². The molecule has 0 fully saturated rings. The van der Waals surface area contributed by atoms with Crippen LogP contribution in [-0.2, 0) is 0 Å². The summed E-state index contributed by atoms with van der Waals surface area (Å²) in [6, 6.07) is 4.81. The number of hydrogen-bond acceptors (Lipinski definition) is 4. The van der Waals surface area contributed by atoms with E-state index in [1.807, 2.05) is 18.2 Å². The van der Waals surface area contributed by atoms with Crippen LogP contribution in [-0.4, -0.2) is 30.6 Å². The summed E-state index contributed by atoms with van der Waals surface area (Å²) in [4.78, 5) is 12.1. The van der Waals surface area contributed by atoms with Crippen molar-refractivity contribution < 1.29 is 19.4 Å². The van der Waals surface area contributed by atoms with Gasteiger partial charge in [0.2, 0.25) is 6.79 Å². The van der Waals surface area contributed by atoms with Gasteiger partial charge in [0.05, 0.1) is 6.04 Å². The van der Waals surface area contributed by atoms with Gasteiger partial charge in [-0.2, -0.15) is 0 Å². The van der Waals surface area contributed by atoms with Crippen LogP contribution in [0.3, 0.4) is 0 Å². The molecule has 3 N–H and O–H groups in total. The minimum atomic E-state index is -0.298. The van der Waals surface area contributed by atoms with Crippen molar-refractivity contribution in [2.24, 2.45) is 0 Å². The predicted octanol–water partition coefficient (Wildman–Crippen LogP) is 2.53. The third-order valence-corrected chi connectivity index (χ3v) is 3.76. The van der Waals surface area contributed by atoms with E-state index in [0.29, 0.717) is 17.9 Å². The van der Waals surface area contributed by atoms with Crippen LogP contribution in [0.2, 0.25) is 0 Å². The minimum Gasteiger partial charge on any atom is -0.454 e. The first-order valence-electron chi connectivity index (χ1n) is 8.04. The molecule has 2 rings (SSSR count). The fourth-order valence-electron chi connectivity index (χ4n) is 2.49. The number of ether oxygens (including phenoxy) is 2. The van der Waals surface area contributed by atoms with Crippen molar-refractivity contribution in [2.75, 3.05) is 13.4 Å². The summed E-state index contributed by atoms with van der Waals surface area (Å²) in [7, 11) is 0. The molecule has 1 radical (unpaired) electrons. The van der Waals surface area contributed by atoms with Gasteiger partial charge in [-0.25, -0.2) is 4.79 Å². The van der Waals surface area contributed by atoms with E-state index in [2.05, 4.69) is 24.5 Å². The molecule has 0 bridgehead atoms. The first kappa shape index (κ1) is 17.4. The molecule has 2 amide bonds. The van der Waals surface area contributed by atoms with Gasteiger partial charge >= 0.3 is 6.03 Å². The number of carbonyl (C=O) groups excluding carboxylic acids is 1. The lowest BCUT2D eigenvalue weighted by Crippen LogP contribution is -2.42. The third-order valence-electron chi connectivity index (χ3n) is 3.76. The highest BCUT2D eigenvalue weighted by molar-refractivity contribution is 5.75. The highest BCUT2D eigenvalue weighted by Gasteiger charge is 2.19. The van der Waals surface area contributed by atoms with Crippen molar-refractivity contribution in [3.63, 3.8) is 0 Å². The van der Waals surface area contributed by atoms with Crippen molar-refractivity contribution in [3.8, 4) is 11.5 Å². The molecular formula is C17H25N2O4. The van der Waals surface area contributed by atoms with E-state index < -0.39 is 0 Å². The van der Waals surface area contributed by atoms with Crippen molar-refractivity contribution in [2.45, 2.75) is 44.7 Å². The van der Waals surface area contributed by atoms with Gasteiger partial charge in [-0.05, 0) is 37.5 Å². The Balaban J connectivity index is 1.96. The Hall–Kier alpha value is -1.95. The van der Waals surface area contributed by atoms with Crippen LogP contribution in [0.5, 0.6) is 11.5 Å². The summed E-state index contributed by atoms with van der Waals surface area (Å²) in [5.41, 5.74) is 0.868. The molecule has 6 nitrogen and oxygen atoms in total. The molecule has 23 heavy (non-hydrogen) atoms. The lowest BCUT2D eigenvalue weighted by Gasteiger charge is -2.21. The van der Waals surface area contributed by atoms with Crippen LogP contribution in [0, 0.1) is 6.92 Å². The van der Waals surface area contributed by atoms with Gasteiger partial charge in [0.15, 0.2) is 11.5 Å². The number of aliphatic hydroxyl groups excluding tert-OH is 1. The standard InChI is InChI=1S/C17H25N2O4/c1-3-4-5-12(2)18-17(21)19-14(8-9-20)13-6-7-15-16(10-13)23-11-22-15/h6-7,10,12,14,20H,2-5,8-9,11H2,1H3,(H2,18,19,21)/t12-,14-/m0/s1. The fourth-order valence-corrected chi connectivity index (χ4v) is 2.49. The quantitative estimate of drug-likeness (QED) is 0.687. The molecule has 2 atom stereocenters. The van der Waals surface area contributed by atoms with Gasteiger partial charge in [0.25, 0.3) is 0 Å². The molecule has 1 aliphatic heterocycles. The van der Waals surface area contributed by atoms with Crippen LogP contribution in [0.15, 0.2) is 18.2 Å². The Morgan fingerprint density at radius 3 is 2.83 bits per heavy atom. The molecule has 0 spiro atoms. The molecule has 1 aromatic rings. The fraction of sp³-hybridized carbons (Fsp3) is 0.529. The number of nitrogens with one attached hydrogen (secondary N) is 2. The second-order valence-corrected chi connectivity index (χ2v) is 5.63. The Labute approximate surface area is 137 Å². The van der Waals surface area contributed by atoms with Crippen molar-refractivity contribution >= 4 is 6.03 Å². The average Bonchev–Trinajstić information content (AvgIpc) is 3.00. The zero-order chi connectivity index (χ0) is 16.7. The monoisotopic (exact) mass is 321 g/mol. The van der Waals surface area contributed by atoms with Gasteiger partial charge < -0.3 is 25.2 Å². The Kier molecular flexibility index (Phi) is 6.52. The maximum Gasteiger partial charge on any atom is 0.315 e. The maximum absolute atomic E-state index is 12.1. The molecule has 1 aliphatic rings. The van der Waals surface area contributed by atoms with Crippen molar-refractivity contribution in [1.82, 2.24) is 10.6 Å². The normalized spacial score (nSPS) is 15.1. The minimum absolute atomic E-state index is 0.0248. The second-order valence-electron chi connectivity index (χ2n) is 5.63.